The first kappa shape index (κ1) is 29.0. The Bertz CT molecular complexity index is 979. The van der Waals surface area contributed by atoms with E-state index in [0.717, 1.165) is 47.6 Å². The van der Waals surface area contributed by atoms with E-state index in [9.17, 15) is 4.79 Å². The molecule has 4 aliphatic carbocycles. The summed E-state index contributed by atoms with van der Waals surface area (Å²) in [5.74, 6) is 5.73. The number of rotatable bonds is 7. The zero-order valence-electron chi connectivity index (χ0n) is 26.0. The van der Waals surface area contributed by atoms with Crippen LogP contribution in [0.3, 0.4) is 0 Å². The van der Waals surface area contributed by atoms with E-state index < -0.39 is 0 Å². The third-order valence-corrected chi connectivity index (χ3v) is 12.7. The van der Waals surface area contributed by atoms with E-state index in [-0.39, 0.29) is 11.5 Å². The van der Waals surface area contributed by atoms with Crippen LogP contribution in [0.25, 0.3) is 0 Å². The van der Waals surface area contributed by atoms with Crippen molar-refractivity contribution in [2.75, 3.05) is 11.9 Å². The van der Waals surface area contributed by atoms with Gasteiger partial charge in [0.25, 0.3) is 0 Å². The largest absolute Gasteiger partial charge is 0.449 e. The van der Waals surface area contributed by atoms with Gasteiger partial charge in [0.05, 0.1) is 6.61 Å². The molecule has 1 aromatic rings. The monoisotopic (exact) mass is 535 g/mol. The van der Waals surface area contributed by atoms with Crippen LogP contribution in [0.15, 0.2) is 24.3 Å². The third-order valence-electron chi connectivity index (χ3n) is 12.7. The number of carbonyl (C=O) groups excluding carboxylic acids is 1. The van der Waals surface area contributed by atoms with Gasteiger partial charge in [0.15, 0.2) is 0 Å². The number of hydrogen-bond donors (Lipinski definition) is 1. The lowest BCUT2D eigenvalue weighted by Crippen LogP contribution is -2.55. The average Bonchev–Trinajstić information content (AvgIpc) is 3.23. The number of unbranched alkanes of at least 4 members (excludes halogenated alkanes) is 1. The summed E-state index contributed by atoms with van der Waals surface area (Å²) in [5.41, 5.74) is 3.33. The normalized spacial score (nSPS) is 37.9. The smallest absolute Gasteiger partial charge is 0.411 e. The molecular weight excluding hydrogens is 478 g/mol. The first-order valence-corrected chi connectivity index (χ1v) is 16.6. The van der Waals surface area contributed by atoms with E-state index >= 15 is 0 Å². The van der Waals surface area contributed by atoms with E-state index in [1.807, 2.05) is 12.1 Å². The van der Waals surface area contributed by atoms with Gasteiger partial charge in [-0.05, 0) is 134 Å². The van der Waals surface area contributed by atoms with Gasteiger partial charge in [-0.2, -0.15) is 0 Å². The van der Waals surface area contributed by atoms with Gasteiger partial charge in [-0.1, -0.05) is 72.9 Å². The predicted octanol–water partition coefficient (Wildman–Crippen LogP) is 10.4. The Balaban J connectivity index is 1.09. The molecule has 0 spiro atoms. The Morgan fingerprint density at radius 1 is 0.923 bits per heavy atom. The molecule has 1 N–H and O–H groups in total. The highest BCUT2D eigenvalue weighted by Gasteiger charge is 2.60. The molecule has 8 atom stereocenters. The van der Waals surface area contributed by atoms with Crippen LogP contribution < -0.4 is 5.32 Å². The number of ether oxygens (including phenoxy) is 1. The highest BCUT2D eigenvalue weighted by atomic mass is 16.5. The standard InChI is InChI=1S/C36H57NO2/c1-7-25-24-29-31-19-16-27(35(31,5)22-20-32(29)36(6)21-10-8-13-30(25)36)12-9-11-23-39-33(38)37-28-17-14-26(15-18-28)34(2,3)4/h14-15,17-18,25,27,29-32H,7-13,16,19-24H2,1-6H3,(H,37,38)/t25-,27?,29?,30?,31?,32-,35?,36?/m0/s1. The number of anilines is 1. The number of benzene rings is 1. The Morgan fingerprint density at radius 3 is 2.38 bits per heavy atom. The maximum Gasteiger partial charge on any atom is 0.411 e. The van der Waals surface area contributed by atoms with Crippen molar-refractivity contribution >= 4 is 11.8 Å². The van der Waals surface area contributed by atoms with Crippen molar-refractivity contribution in [2.24, 2.45) is 46.3 Å². The summed E-state index contributed by atoms with van der Waals surface area (Å²) < 4.78 is 5.55. The first-order valence-electron chi connectivity index (χ1n) is 16.6. The van der Waals surface area contributed by atoms with Crippen molar-refractivity contribution in [1.29, 1.82) is 0 Å². The van der Waals surface area contributed by atoms with E-state index in [1.54, 1.807) is 0 Å². The minimum atomic E-state index is -0.331. The molecule has 39 heavy (non-hydrogen) atoms. The summed E-state index contributed by atoms with van der Waals surface area (Å²) in [6, 6.07) is 8.11. The minimum absolute atomic E-state index is 0.111. The lowest BCUT2D eigenvalue weighted by Gasteiger charge is -2.62. The van der Waals surface area contributed by atoms with Crippen LogP contribution in [-0.4, -0.2) is 12.7 Å². The molecule has 0 aromatic heterocycles. The molecule has 3 nitrogen and oxygen atoms in total. The Labute approximate surface area is 239 Å². The molecule has 4 fully saturated rings. The van der Waals surface area contributed by atoms with Crippen LogP contribution in [0.4, 0.5) is 10.5 Å². The Hall–Kier alpha value is -1.51. The zero-order chi connectivity index (χ0) is 27.8. The first-order chi connectivity index (χ1) is 18.6. The minimum Gasteiger partial charge on any atom is -0.449 e. The maximum atomic E-state index is 12.3. The SMILES string of the molecule is CC[C@H]1CC2C3CCC(CCCCOC(=O)Nc4ccc(C(C)(C)C)cc4)C3(C)CC[C@@H]2C2(C)CCCCC12. The van der Waals surface area contributed by atoms with Crippen LogP contribution in [-0.2, 0) is 10.2 Å². The highest BCUT2D eigenvalue weighted by molar-refractivity contribution is 5.84. The number of hydrogen-bond acceptors (Lipinski definition) is 2. The maximum absolute atomic E-state index is 12.3. The summed E-state index contributed by atoms with van der Waals surface area (Å²) in [6.07, 6.45) is 17.8. The van der Waals surface area contributed by atoms with Gasteiger partial charge in [0, 0.05) is 5.69 Å². The molecule has 5 rings (SSSR count). The lowest BCUT2D eigenvalue weighted by atomic mass is 9.42. The molecule has 1 aromatic carbocycles. The van der Waals surface area contributed by atoms with Crippen LogP contribution in [0.5, 0.6) is 0 Å². The molecule has 0 radical (unpaired) electrons. The van der Waals surface area contributed by atoms with Crippen molar-refractivity contribution in [2.45, 2.75) is 130 Å². The fourth-order valence-corrected chi connectivity index (χ4v) is 10.5. The number of fused-ring (bicyclic) bond motifs is 5. The Kier molecular flexibility index (Phi) is 8.48. The van der Waals surface area contributed by atoms with Gasteiger partial charge in [-0.3, -0.25) is 5.32 Å². The fourth-order valence-electron chi connectivity index (χ4n) is 10.5. The number of carbonyl (C=O) groups is 1. The molecule has 3 heteroatoms. The summed E-state index contributed by atoms with van der Waals surface area (Å²) in [7, 11) is 0. The van der Waals surface area contributed by atoms with E-state index in [4.69, 9.17) is 4.74 Å². The molecule has 0 heterocycles. The summed E-state index contributed by atoms with van der Waals surface area (Å²) in [5, 5.41) is 2.89. The second-order valence-corrected chi connectivity index (χ2v) is 15.5. The van der Waals surface area contributed by atoms with Crippen LogP contribution in [0, 0.1) is 46.3 Å². The average molecular weight is 536 g/mol. The van der Waals surface area contributed by atoms with Crippen molar-refractivity contribution in [3.05, 3.63) is 29.8 Å². The molecular formula is C36H57NO2. The van der Waals surface area contributed by atoms with Crippen molar-refractivity contribution in [3.8, 4) is 0 Å². The van der Waals surface area contributed by atoms with Gasteiger partial charge in [-0.25, -0.2) is 4.79 Å². The van der Waals surface area contributed by atoms with E-state index in [0.29, 0.717) is 17.4 Å². The van der Waals surface area contributed by atoms with E-state index in [2.05, 4.69) is 59.0 Å². The number of nitrogens with one attached hydrogen (secondary N) is 1. The molecule has 4 saturated carbocycles. The summed E-state index contributed by atoms with van der Waals surface area (Å²) in [4.78, 5) is 12.3. The molecule has 0 bridgehead atoms. The van der Waals surface area contributed by atoms with Crippen LogP contribution >= 0.6 is 0 Å². The zero-order valence-corrected chi connectivity index (χ0v) is 26.0. The molecule has 4 aliphatic rings. The van der Waals surface area contributed by atoms with Crippen molar-refractivity contribution < 1.29 is 9.53 Å². The van der Waals surface area contributed by atoms with Gasteiger partial charge in [-0.15, -0.1) is 0 Å². The number of amides is 1. The summed E-state index contributed by atoms with van der Waals surface area (Å²) in [6.45, 7) is 15.0. The van der Waals surface area contributed by atoms with Crippen LogP contribution in [0.1, 0.15) is 131 Å². The van der Waals surface area contributed by atoms with Gasteiger partial charge < -0.3 is 4.74 Å². The molecule has 6 unspecified atom stereocenters. The lowest BCUT2D eigenvalue weighted by molar-refractivity contribution is -0.135. The second kappa shape index (κ2) is 11.4. The van der Waals surface area contributed by atoms with Crippen molar-refractivity contribution in [1.82, 2.24) is 0 Å². The van der Waals surface area contributed by atoms with Gasteiger partial charge >= 0.3 is 6.09 Å². The van der Waals surface area contributed by atoms with Gasteiger partial charge in [0.1, 0.15) is 0 Å². The quantitative estimate of drug-likeness (QED) is 0.353. The van der Waals surface area contributed by atoms with Crippen LogP contribution in [0.2, 0.25) is 0 Å². The van der Waals surface area contributed by atoms with E-state index in [1.165, 1.54) is 82.6 Å². The summed E-state index contributed by atoms with van der Waals surface area (Å²) >= 11 is 0. The fraction of sp³-hybridized carbons (Fsp3) is 0.806. The second-order valence-electron chi connectivity index (χ2n) is 15.5. The van der Waals surface area contributed by atoms with Crippen molar-refractivity contribution in [3.63, 3.8) is 0 Å². The predicted molar refractivity (Wildman–Crippen MR) is 163 cm³/mol. The topological polar surface area (TPSA) is 38.3 Å². The molecule has 1 amide bonds. The Morgan fingerprint density at radius 2 is 1.67 bits per heavy atom. The molecule has 0 saturated heterocycles. The third kappa shape index (κ3) is 5.67. The molecule has 0 aliphatic heterocycles. The highest BCUT2D eigenvalue weighted by Crippen LogP contribution is 2.69. The molecule has 218 valence electrons. The van der Waals surface area contributed by atoms with Gasteiger partial charge in [0.2, 0.25) is 0 Å².